The summed E-state index contributed by atoms with van der Waals surface area (Å²) in [6, 6.07) is -0.492. The summed E-state index contributed by atoms with van der Waals surface area (Å²) in [7, 11) is 0. The maximum atomic E-state index is 11.6. The molecule has 21 heavy (non-hydrogen) atoms. The van der Waals surface area contributed by atoms with Crippen LogP contribution in [0.25, 0.3) is 0 Å². The summed E-state index contributed by atoms with van der Waals surface area (Å²) in [5.74, 6) is -1.57. The Bertz CT molecular complexity index is 408. The van der Waals surface area contributed by atoms with Gasteiger partial charge in [0.15, 0.2) is 12.4 Å². The van der Waals surface area contributed by atoms with E-state index in [1.807, 2.05) is 0 Å². The number of rotatable bonds is 11. The second-order valence-electron chi connectivity index (χ2n) is 5.52. The fourth-order valence-corrected chi connectivity index (χ4v) is 2.83. The molecule has 2 unspecified atom stereocenters. The van der Waals surface area contributed by atoms with Crippen molar-refractivity contribution in [1.82, 2.24) is 0 Å². The molecule has 2 atom stereocenters. The normalized spacial score (nSPS) is 22.1. The summed E-state index contributed by atoms with van der Waals surface area (Å²) in [5, 5.41) is 18.1. The predicted octanol–water partition coefficient (Wildman–Crippen LogP) is 1.91. The molecule has 0 aromatic rings. The maximum Gasteiger partial charge on any atom is 0.363 e. The van der Waals surface area contributed by atoms with E-state index in [0.29, 0.717) is 37.0 Å². The van der Waals surface area contributed by atoms with Gasteiger partial charge in [-0.15, -0.1) is 0 Å². The van der Waals surface area contributed by atoms with Crippen LogP contribution in [0.1, 0.15) is 38.5 Å². The van der Waals surface area contributed by atoms with E-state index in [-0.39, 0.29) is 6.42 Å². The molecule has 0 aromatic carbocycles. The van der Waals surface area contributed by atoms with E-state index in [1.54, 1.807) is 12.4 Å². The van der Waals surface area contributed by atoms with Crippen molar-refractivity contribution in [1.29, 1.82) is 0 Å². The van der Waals surface area contributed by atoms with Gasteiger partial charge in [-0.1, -0.05) is 19.4 Å². The molecule has 2 N–H and O–H groups in total. The molecule has 0 spiro atoms. The first-order valence-electron chi connectivity index (χ1n) is 7.45. The topological polar surface area (TPSA) is 87.0 Å². The largest absolute Gasteiger partial charge is 0.481 e. The second-order valence-corrected chi connectivity index (χ2v) is 5.52. The van der Waals surface area contributed by atoms with Crippen LogP contribution in [-0.2, 0) is 9.59 Å². The number of carbonyl (C=O) groups is 2. The van der Waals surface area contributed by atoms with Crippen LogP contribution in [0.15, 0.2) is 17.6 Å². The molecule has 0 fully saturated rings. The molecule has 0 saturated heterocycles. The Kier molecular flexibility index (Phi) is 7.08. The highest BCUT2D eigenvalue weighted by molar-refractivity contribution is 5.74. The van der Waals surface area contributed by atoms with Crippen LogP contribution in [0.4, 0.5) is 0 Å². The SMILES string of the molecule is C=CC[N+]1(C(CCCCCCC(=O)O)C(=O)O)C=NCC1. The first kappa shape index (κ1) is 17.4. The lowest BCUT2D eigenvalue weighted by Gasteiger charge is -2.35. The van der Waals surface area contributed by atoms with Gasteiger partial charge in [-0.3, -0.25) is 9.28 Å². The van der Waals surface area contributed by atoms with Gasteiger partial charge in [-0.25, -0.2) is 9.79 Å². The highest BCUT2D eigenvalue weighted by Gasteiger charge is 2.41. The van der Waals surface area contributed by atoms with Crippen molar-refractivity contribution in [3.8, 4) is 0 Å². The van der Waals surface area contributed by atoms with E-state index >= 15 is 0 Å². The zero-order valence-corrected chi connectivity index (χ0v) is 12.4. The minimum Gasteiger partial charge on any atom is -0.481 e. The first-order chi connectivity index (χ1) is 10.0. The number of carboxylic acids is 2. The average molecular weight is 297 g/mol. The Hall–Kier alpha value is -1.69. The van der Waals surface area contributed by atoms with Crippen LogP contribution >= 0.6 is 0 Å². The van der Waals surface area contributed by atoms with Gasteiger partial charge in [0.2, 0.25) is 0 Å². The van der Waals surface area contributed by atoms with E-state index in [2.05, 4.69) is 11.6 Å². The lowest BCUT2D eigenvalue weighted by molar-refractivity contribution is -0.840. The van der Waals surface area contributed by atoms with Crippen LogP contribution in [0.3, 0.4) is 0 Å². The number of carboxylic acid groups (broad SMARTS) is 2. The molecule has 0 amide bonds. The average Bonchev–Trinajstić information content (AvgIpc) is 2.86. The maximum absolute atomic E-state index is 11.6. The van der Waals surface area contributed by atoms with Gasteiger partial charge in [0, 0.05) is 12.8 Å². The van der Waals surface area contributed by atoms with Crippen LogP contribution in [-0.4, -0.2) is 58.6 Å². The zero-order valence-electron chi connectivity index (χ0n) is 12.4. The monoisotopic (exact) mass is 297 g/mol. The molecule has 1 aliphatic heterocycles. The van der Waals surface area contributed by atoms with Gasteiger partial charge in [0.25, 0.3) is 0 Å². The molecule has 1 aliphatic rings. The second kappa shape index (κ2) is 8.56. The number of quaternary nitrogens is 1. The number of hydrogen-bond donors (Lipinski definition) is 2. The van der Waals surface area contributed by atoms with Gasteiger partial charge in [-0.05, 0) is 18.9 Å². The molecule has 6 nitrogen and oxygen atoms in total. The summed E-state index contributed by atoms with van der Waals surface area (Å²) in [5.41, 5.74) is 0. The Balaban J connectivity index is 2.46. The lowest BCUT2D eigenvalue weighted by Crippen LogP contribution is -2.57. The number of nitrogens with zero attached hydrogens (tertiary/aromatic N) is 2. The third kappa shape index (κ3) is 5.30. The van der Waals surface area contributed by atoms with Crippen molar-refractivity contribution >= 4 is 18.3 Å². The van der Waals surface area contributed by atoms with Crippen molar-refractivity contribution < 1.29 is 24.3 Å². The fourth-order valence-electron chi connectivity index (χ4n) is 2.83. The molecule has 1 heterocycles. The smallest absolute Gasteiger partial charge is 0.363 e. The molecule has 0 aliphatic carbocycles. The minimum absolute atomic E-state index is 0.186. The molecule has 0 bridgehead atoms. The Morgan fingerprint density at radius 1 is 1.29 bits per heavy atom. The predicted molar refractivity (Wildman–Crippen MR) is 80.3 cm³/mol. The molecular weight excluding hydrogens is 272 g/mol. The number of aliphatic imine (C=N–C) groups is 1. The van der Waals surface area contributed by atoms with Crippen LogP contribution in [0.2, 0.25) is 0 Å². The van der Waals surface area contributed by atoms with Crippen molar-refractivity contribution in [3.63, 3.8) is 0 Å². The molecule has 118 valence electrons. The number of unbranched alkanes of at least 4 members (excludes halogenated alkanes) is 3. The van der Waals surface area contributed by atoms with Gasteiger partial charge in [-0.2, -0.15) is 0 Å². The summed E-state index contributed by atoms with van der Waals surface area (Å²) < 4.78 is 0.355. The molecule has 1 rings (SSSR count). The molecule has 0 radical (unpaired) electrons. The third-order valence-corrected chi connectivity index (χ3v) is 3.95. The lowest BCUT2D eigenvalue weighted by atomic mass is 10.0. The molecular formula is C15H25N2O4+. The van der Waals surface area contributed by atoms with E-state index < -0.39 is 18.0 Å². The standard InChI is InChI=1S/C15H24N2O4/c1-2-10-17(11-9-16-12-17)13(15(20)21)7-5-3-4-6-8-14(18)19/h2,12-13H,1,3-11H2,(H-,18,19,20,21)/p+1. The molecule has 6 heteroatoms. The van der Waals surface area contributed by atoms with Crippen LogP contribution in [0, 0.1) is 0 Å². The van der Waals surface area contributed by atoms with Gasteiger partial charge in [0.1, 0.15) is 13.1 Å². The van der Waals surface area contributed by atoms with E-state index in [1.165, 1.54) is 0 Å². The van der Waals surface area contributed by atoms with Crippen molar-refractivity contribution in [2.75, 3.05) is 19.6 Å². The van der Waals surface area contributed by atoms with E-state index in [4.69, 9.17) is 5.11 Å². The minimum atomic E-state index is -0.796. The molecule has 0 saturated carbocycles. The van der Waals surface area contributed by atoms with Gasteiger partial charge < -0.3 is 10.2 Å². The number of hydrogen-bond acceptors (Lipinski definition) is 3. The van der Waals surface area contributed by atoms with E-state index in [9.17, 15) is 14.7 Å². The van der Waals surface area contributed by atoms with Gasteiger partial charge in [0.05, 0.1) is 6.54 Å². The summed E-state index contributed by atoms with van der Waals surface area (Å²) in [4.78, 5) is 26.2. The Morgan fingerprint density at radius 2 is 2.00 bits per heavy atom. The quantitative estimate of drug-likeness (QED) is 0.346. The summed E-state index contributed by atoms with van der Waals surface area (Å²) >= 11 is 0. The third-order valence-electron chi connectivity index (χ3n) is 3.95. The van der Waals surface area contributed by atoms with Crippen molar-refractivity contribution in [2.45, 2.75) is 44.6 Å². The first-order valence-corrected chi connectivity index (χ1v) is 7.45. The molecule has 0 aromatic heterocycles. The summed E-state index contributed by atoms with van der Waals surface area (Å²) in [6.45, 7) is 5.68. The van der Waals surface area contributed by atoms with Crippen LogP contribution in [0.5, 0.6) is 0 Å². The Morgan fingerprint density at radius 3 is 2.52 bits per heavy atom. The highest BCUT2D eigenvalue weighted by Crippen LogP contribution is 2.21. The Labute approximate surface area is 125 Å². The van der Waals surface area contributed by atoms with Crippen molar-refractivity contribution in [2.24, 2.45) is 4.99 Å². The van der Waals surface area contributed by atoms with E-state index in [0.717, 1.165) is 19.3 Å². The highest BCUT2D eigenvalue weighted by atomic mass is 16.4. The fraction of sp³-hybridized carbons (Fsp3) is 0.667. The van der Waals surface area contributed by atoms with Crippen LogP contribution < -0.4 is 0 Å². The van der Waals surface area contributed by atoms with Gasteiger partial charge >= 0.3 is 11.9 Å². The number of aliphatic carboxylic acids is 2. The zero-order chi connectivity index (χ0) is 15.7. The summed E-state index contributed by atoms with van der Waals surface area (Å²) in [6.07, 6.45) is 7.41. The van der Waals surface area contributed by atoms with Crippen molar-refractivity contribution in [3.05, 3.63) is 12.7 Å².